The summed E-state index contributed by atoms with van der Waals surface area (Å²) in [6.45, 7) is 2.16. The molecule has 52 valence electrons. The molecule has 1 aliphatic rings. The van der Waals surface area contributed by atoms with E-state index in [1.165, 1.54) is 0 Å². The molecule has 0 amide bonds. The van der Waals surface area contributed by atoms with Gasteiger partial charge in [0.05, 0.1) is 0 Å². The molecule has 0 aromatic carbocycles. The molecular formula is C2H5AlO5S. The third-order valence-corrected chi connectivity index (χ3v) is 4.44. The van der Waals surface area contributed by atoms with E-state index in [1.54, 1.807) is 6.92 Å². The van der Waals surface area contributed by atoms with Gasteiger partial charge in [0, 0.05) is 6.61 Å². The maximum atomic E-state index is 10.1. The maximum Gasteiger partial charge on any atom is 0.939 e. The molecule has 0 spiro atoms. The second-order valence-corrected chi connectivity index (χ2v) is 4.61. The minimum absolute atomic E-state index is 0.423. The quantitative estimate of drug-likeness (QED) is 0.510. The average molecular weight is 168 g/mol. The predicted molar refractivity (Wildman–Crippen MR) is 28.5 cm³/mol. The van der Waals surface area contributed by atoms with Crippen LogP contribution in [0, 0.1) is 0 Å². The summed E-state index contributed by atoms with van der Waals surface area (Å²) >= 11 is -2.21. The predicted octanol–water partition coefficient (Wildman–Crippen LogP) is -0.701. The van der Waals surface area contributed by atoms with Gasteiger partial charge in [0.25, 0.3) is 0 Å². The van der Waals surface area contributed by atoms with Gasteiger partial charge in [-0.25, -0.2) is 0 Å². The van der Waals surface area contributed by atoms with Crippen LogP contribution < -0.4 is 0 Å². The molecule has 1 aliphatic heterocycles. The molecule has 9 heavy (non-hydrogen) atoms. The highest BCUT2D eigenvalue weighted by Crippen LogP contribution is 2.14. The Morgan fingerprint density at radius 2 is 2.11 bits per heavy atom. The standard InChI is InChI=1S/C2H5O.Al.H2O4S/c1-2-3;;1-5(2,3)4/h2H2,1H3;;(H2,1,2,3,4)/q-1;+3;/p-2. The Kier molecular flexibility index (Phi) is 2.11. The number of hydrogen-bond donors (Lipinski definition) is 0. The van der Waals surface area contributed by atoms with Gasteiger partial charge in [-0.05, 0) is 6.92 Å². The van der Waals surface area contributed by atoms with Crippen molar-refractivity contribution >= 4 is 25.5 Å². The van der Waals surface area contributed by atoms with Crippen LogP contribution in [0.2, 0.25) is 0 Å². The van der Waals surface area contributed by atoms with Crippen LogP contribution in [0.5, 0.6) is 0 Å². The molecule has 0 N–H and O–H groups in total. The molecule has 0 radical (unpaired) electrons. The minimum atomic E-state index is -3.62. The lowest BCUT2D eigenvalue weighted by Gasteiger charge is -2.18. The highest BCUT2D eigenvalue weighted by Gasteiger charge is 2.51. The first-order valence-corrected chi connectivity index (χ1v) is 5.12. The van der Waals surface area contributed by atoms with Crippen LogP contribution in [0.1, 0.15) is 6.92 Å². The van der Waals surface area contributed by atoms with E-state index >= 15 is 0 Å². The normalized spacial score (nSPS) is 23.4. The molecule has 0 unspecified atom stereocenters. The fourth-order valence-corrected chi connectivity index (χ4v) is 2.71. The SMILES string of the molecule is CC[O][Al]1[O]S(=O)(=O)[O]1. The van der Waals surface area contributed by atoms with Crippen molar-refractivity contribution in [1.29, 1.82) is 0 Å². The lowest BCUT2D eigenvalue weighted by molar-refractivity contribution is 0.156. The molecule has 7 heteroatoms. The van der Waals surface area contributed by atoms with Crippen molar-refractivity contribution in [3.05, 3.63) is 0 Å². The largest absolute Gasteiger partial charge is 0.939 e. The Morgan fingerprint density at radius 3 is 2.44 bits per heavy atom. The molecule has 0 saturated carbocycles. The summed E-state index contributed by atoms with van der Waals surface area (Å²) in [6, 6.07) is 0. The monoisotopic (exact) mass is 168 g/mol. The third kappa shape index (κ3) is 1.90. The first kappa shape index (κ1) is 7.47. The Hall–Kier alpha value is 0.362. The fraction of sp³-hybridized carbons (Fsp3) is 1.00. The highest BCUT2D eigenvalue weighted by atomic mass is 32.3. The van der Waals surface area contributed by atoms with Gasteiger partial charge in [-0.2, -0.15) is 8.42 Å². The average Bonchev–Trinajstić information content (AvgIpc) is 1.62. The van der Waals surface area contributed by atoms with Crippen LogP contribution in [0.4, 0.5) is 0 Å². The van der Waals surface area contributed by atoms with Gasteiger partial charge in [-0.1, -0.05) is 0 Å². The summed E-state index contributed by atoms with van der Waals surface area (Å²) in [5.74, 6) is 0. The van der Waals surface area contributed by atoms with Crippen molar-refractivity contribution in [3.63, 3.8) is 0 Å². The zero-order chi connectivity index (χ0) is 6.91. The second-order valence-electron chi connectivity index (χ2n) is 1.34. The van der Waals surface area contributed by atoms with E-state index in [0.29, 0.717) is 6.61 Å². The molecule has 0 atom stereocenters. The van der Waals surface area contributed by atoms with E-state index < -0.39 is 25.5 Å². The Morgan fingerprint density at radius 1 is 1.56 bits per heavy atom. The summed E-state index contributed by atoms with van der Waals surface area (Å²) < 4.78 is 33.4. The van der Waals surface area contributed by atoms with Crippen LogP contribution in [0.3, 0.4) is 0 Å². The maximum absolute atomic E-state index is 10.1. The zero-order valence-corrected chi connectivity index (χ0v) is 6.71. The molecule has 1 saturated heterocycles. The summed E-state index contributed by atoms with van der Waals surface area (Å²) in [4.78, 5) is 0. The number of hydrogen-bond acceptors (Lipinski definition) is 5. The lowest BCUT2D eigenvalue weighted by Crippen LogP contribution is -2.43. The molecule has 0 aromatic heterocycles. The van der Waals surface area contributed by atoms with Crippen molar-refractivity contribution < 1.29 is 18.7 Å². The molecule has 0 aromatic rings. The molecule has 0 bridgehead atoms. The zero-order valence-electron chi connectivity index (χ0n) is 4.73. The summed E-state index contributed by atoms with van der Waals surface area (Å²) in [5, 5.41) is 0. The van der Waals surface area contributed by atoms with Crippen molar-refractivity contribution in [3.8, 4) is 0 Å². The van der Waals surface area contributed by atoms with Crippen molar-refractivity contribution in [2.45, 2.75) is 6.92 Å². The van der Waals surface area contributed by atoms with Gasteiger partial charge in [0.15, 0.2) is 0 Å². The van der Waals surface area contributed by atoms with Gasteiger partial charge < -0.3 is 10.3 Å². The van der Waals surface area contributed by atoms with Gasteiger partial charge in [0.2, 0.25) is 0 Å². The van der Waals surface area contributed by atoms with E-state index in [0.717, 1.165) is 0 Å². The second kappa shape index (κ2) is 2.54. The van der Waals surface area contributed by atoms with Crippen LogP contribution in [-0.2, 0) is 20.7 Å². The van der Waals surface area contributed by atoms with E-state index in [1.807, 2.05) is 0 Å². The van der Waals surface area contributed by atoms with Gasteiger partial charge in [-0.15, -0.1) is 0 Å². The van der Waals surface area contributed by atoms with Crippen LogP contribution in [0.15, 0.2) is 0 Å². The summed E-state index contributed by atoms with van der Waals surface area (Å²) in [5.41, 5.74) is 0. The third-order valence-electron chi connectivity index (χ3n) is 0.696. The molecule has 1 fully saturated rings. The van der Waals surface area contributed by atoms with Gasteiger partial charge in [0.1, 0.15) is 0 Å². The van der Waals surface area contributed by atoms with E-state index in [2.05, 4.69) is 6.47 Å². The topological polar surface area (TPSA) is 61.8 Å². The molecule has 5 nitrogen and oxygen atoms in total. The van der Waals surface area contributed by atoms with Crippen LogP contribution in [-0.4, -0.2) is 30.2 Å². The summed E-state index contributed by atoms with van der Waals surface area (Å²) in [6.07, 6.45) is 0. The van der Waals surface area contributed by atoms with Crippen molar-refractivity contribution in [2.24, 2.45) is 0 Å². The molecular weight excluding hydrogens is 163 g/mol. The lowest BCUT2D eigenvalue weighted by atomic mass is 10.9. The first-order valence-electron chi connectivity index (χ1n) is 2.37. The fourth-order valence-electron chi connectivity index (χ4n) is 0.391. The van der Waals surface area contributed by atoms with Crippen LogP contribution in [0.25, 0.3) is 0 Å². The Bertz CT molecular complexity index is 173. The smallest absolute Gasteiger partial charge is 0.454 e. The minimum Gasteiger partial charge on any atom is -0.454 e. The Labute approximate surface area is 58.2 Å². The van der Waals surface area contributed by atoms with E-state index in [-0.39, 0.29) is 0 Å². The van der Waals surface area contributed by atoms with E-state index in [4.69, 9.17) is 3.79 Å². The first-order chi connectivity index (χ1) is 4.14. The van der Waals surface area contributed by atoms with Crippen molar-refractivity contribution in [2.75, 3.05) is 6.61 Å². The summed E-state index contributed by atoms with van der Waals surface area (Å²) in [7, 11) is -3.62. The van der Waals surface area contributed by atoms with E-state index in [9.17, 15) is 8.42 Å². The molecule has 1 heterocycles. The molecule has 1 rings (SSSR count). The number of rotatable bonds is 2. The van der Waals surface area contributed by atoms with Gasteiger partial charge in [-0.3, -0.25) is 0 Å². The Balaban J connectivity index is 2.28. The van der Waals surface area contributed by atoms with Gasteiger partial charge >= 0.3 is 25.5 Å². The van der Waals surface area contributed by atoms with Crippen LogP contribution >= 0.6 is 0 Å². The highest BCUT2D eigenvalue weighted by molar-refractivity contribution is 7.86. The van der Waals surface area contributed by atoms with Crippen molar-refractivity contribution in [1.82, 2.24) is 0 Å². The molecule has 0 aliphatic carbocycles.